The van der Waals surface area contributed by atoms with Crippen LogP contribution < -0.4 is 39.4 Å². The normalized spacial score (nSPS) is 13.5. The number of allylic oxidation sites excluding steroid dienone is 2. The van der Waals surface area contributed by atoms with Crippen LogP contribution in [0.4, 0.5) is 26.3 Å². The number of pyridine rings is 1. The van der Waals surface area contributed by atoms with E-state index in [1.165, 1.54) is 18.2 Å². The number of aromatic carboxylic acids is 1. The van der Waals surface area contributed by atoms with Gasteiger partial charge in [0.25, 0.3) is 0 Å². The van der Waals surface area contributed by atoms with Crippen LogP contribution in [0.25, 0.3) is 11.1 Å². The fourth-order valence-corrected chi connectivity index (χ4v) is 4.17. The molecule has 12 heteroatoms. The molecule has 0 atom stereocenters. The first kappa shape index (κ1) is 29.0. The SMILES string of the molecule is O=C([O-])c1cc(C(F)(F)F)cc(C2=C(c3cc(Cl)ccc3OCc3c(F)cc(F)cc3F)CCC2)n1.[Na+]. The smallest absolute Gasteiger partial charge is 0.543 e. The monoisotopic (exact) mass is 549 g/mol. The van der Waals surface area contributed by atoms with Crippen molar-refractivity contribution < 1.29 is 70.5 Å². The van der Waals surface area contributed by atoms with Crippen molar-refractivity contribution in [2.45, 2.75) is 32.0 Å². The third-order valence-corrected chi connectivity index (χ3v) is 5.87. The van der Waals surface area contributed by atoms with E-state index in [1.807, 2.05) is 0 Å². The Labute approximate surface area is 234 Å². The predicted octanol–water partition coefficient (Wildman–Crippen LogP) is 3.21. The summed E-state index contributed by atoms with van der Waals surface area (Å²) >= 11 is 6.14. The summed E-state index contributed by atoms with van der Waals surface area (Å²) in [6.45, 7) is -0.605. The van der Waals surface area contributed by atoms with Gasteiger partial charge in [-0.3, -0.25) is 0 Å². The molecule has 0 radical (unpaired) electrons. The van der Waals surface area contributed by atoms with E-state index in [0.29, 0.717) is 47.8 Å². The third kappa shape index (κ3) is 6.49. The fraction of sp³-hybridized carbons (Fsp3) is 0.200. The summed E-state index contributed by atoms with van der Waals surface area (Å²) in [6, 6.07) is 6.51. The molecule has 0 saturated heterocycles. The van der Waals surface area contributed by atoms with Crippen molar-refractivity contribution in [3.8, 4) is 5.75 Å². The number of hydrogen-bond acceptors (Lipinski definition) is 4. The van der Waals surface area contributed by atoms with Gasteiger partial charge in [-0.15, -0.1) is 0 Å². The van der Waals surface area contributed by atoms with Gasteiger partial charge in [-0.05, 0) is 60.7 Å². The fourth-order valence-electron chi connectivity index (χ4n) is 4.00. The van der Waals surface area contributed by atoms with Crippen molar-refractivity contribution in [2.75, 3.05) is 0 Å². The number of benzene rings is 2. The van der Waals surface area contributed by atoms with E-state index in [9.17, 15) is 36.2 Å². The zero-order chi connectivity index (χ0) is 26.2. The molecule has 1 heterocycles. The van der Waals surface area contributed by atoms with Gasteiger partial charge in [-0.1, -0.05) is 11.6 Å². The minimum atomic E-state index is -4.82. The summed E-state index contributed by atoms with van der Waals surface area (Å²) in [5, 5.41) is 11.6. The number of rotatable bonds is 6. The molecule has 0 spiro atoms. The molecule has 0 amide bonds. The second-order valence-electron chi connectivity index (χ2n) is 8.00. The van der Waals surface area contributed by atoms with E-state index in [2.05, 4.69) is 4.98 Å². The number of aromatic nitrogens is 1. The number of carbonyl (C=O) groups is 1. The minimum absolute atomic E-state index is 0. The maximum Gasteiger partial charge on any atom is 1.00 e. The number of carbonyl (C=O) groups excluding carboxylic acids is 1. The second-order valence-corrected chi connectivity index (χ2v) is 8.44. The number of ether oxygens (including phenoxy) is 1. The van der Waals surface area contributed by atoms with Crippen molar-refractivity contribution in [2.24, 2.45) is 0 Å². The molecule has 1 aromatic heterocycles. The van der Waals surface area contributed by atoms with Crippen molar-refractivity contribution in [3.63, 3.8) is 0 Å². The van der Waals surface area contributed by atoms with Crippen LogP contribution in [0.2, 0.25) is 5.02 Å². The number of hydrogen-bond donors (Lipinski definition) is 0. The van der Waals surface area contributed by atoms with E-state index in [1.54, 1.807) is 0 Å². The molecule has 1 aliphatic rings. The molecule has 188 valence electrons. The first-order valence-corrected chi connectivity index (χ1v) is 10.9. The third-order valence-electron chi connectivity index (χ3n) is 5.63. The molecular weight excluding hydrogens is 535 g/mol. The van der Waals surface area contributed by atoms with Crippen LogP contribution in [0.5, 0.6) is 5.75 Å². The Hall–Kier alpha value is -2.53. The minimum Gasteiger partial charge on any atom is -0.543 e. The van der Waals surface area contributed by atoms with Crippen LogP contribution >= 0.6 is 11.6 Å². The van der Waals surface area contributed by atoms with Crippen LogP contribution in [0, 0.1) is 17.5 Å². The molecule has 0 saturated carbocycles. The van der Waals surface area contributed by atoms with Crippen LogP contribution in [-0.4, -0.2) is 11.0 Å². The largest absolute Gasteiger partial charge is 1.00 e. The maximum absolute atomic E-state index is 14.1. The molecule has 0 bridgehead atoms. The summed E-state index contributed by atoms with van der Waals surface area (Å²) in [6.07, 6.45) is -3.67. The summed E-state index contributed by atoms with van der Waals surface area (Å²) in [7, 11) is 0. The van der Waals surface area contributed by atoms with Crippen molar-refractivity contribution in [3.05, 3.63) is 93.0 Å². The van der Waals surface area contributed by atoms with Crippen LogP contribution in [-0.2, 0) is 12.8 Å². The average molecular weight is 550 g/mol. The molecule has 4 nitrogen and oxygen atoms in total. The summed E-state index contributed by atoms with van der Waals surface area (Å²) in [5.41, 5.74) is -1.61. The van der Waals surface area contributed by atoms with Gasteiger partial charge in [0.15, 0.2) is 0 Å². The Morgan fingerprint density at radius 1 is 1.00 bits per heavy atom. The number of nitrogens with zero attached hydrogens (tertiary/aromatic N) is 1. The van der Waals surface area contributed by atoms with E-state index < -0.39 is 53.0 Å². The molecule has 37 heavy (non-hydrogen) atoms. The van der Waals surface area contributed by atoms with Gasteiger partial charge in [-0.2, -0.15) is 13.2 Å². The summed E-state index contributed by atoms with van der Waals surface area (Å²) in [4.78, 5) is 15.2. The zero-order valence-electron chi connectivity index (χ0n) is 19.2. The first-order valence-electron chi connectivity index (χ1n) is 10.5. The standard InChI is InChI=1S/C25H16ClF6NO3.Na/c26-13-4-5-23(36-11-18-19(28)9-14(27)10-20(18)29)17(8-13)15-2-1-3-16(15)21-6-12(25(30,31)32)7-22(33-21)24(34)35;/h4-10H,1-3,11H2,(H,34,35);/q;+1/p-1. The van der Waals surface area contributed by atoms with Crippen LogP contribution in [0.15, 0.2) is 42.5 Å². The first-order chi connectivity index (χ1) is 16.9. The number of carboxylic acid groups (broad SMARTS) is 1. The number of carboxylic acids is 1. The quantitative estimate of drug-likeness (QED) is 0.350. The Bertz CT molecular complexity index is 1370. The van der Waals surface area contributed by atoms with Gasteiger partial charge in [-0.25, -0.2) is 18.2 Å². The predicted molar refractivity (Wildman–Crippen MR) is 116 cm³/mol. The number of alkyl halides is 3. The van der Waals surface area contributed by atoms with E-state index in [0.717, 1.165) is 6.07 Å². The van der Waals surface area contributed by atoms with Gasteiger partial charge in [0.05, 0.1) is 28.5 Å². The molecule has 0 aliphatic heterocycles. The molecule has 2 aromatic carbocycles. The topological polar surface area (TPSA) is 62.2 Å². The molecule has 4 rings (SSSR count). The zero-order valence-corrected chi connectivity index (χ0v) is 21.9. The Morgan fingerprint density at radius 2 is 1.65 bits per heavy atom. The van der Waals surface area contributed by atoms with Gasteiger partial charge >= 0.3 is 35.7 Å². The summed E-state index contributed by atoms with van der Waals surface area (Å²) in [5.74, 6) is -5.13. The van der Waals surface area contributed by atoms with E-state index in [4.69, 9.17) is 16.3 Å². The van der Waals surface area contributed by atoms with Crippen LogP contribution in [0.1, 0.15) is 52.1 Å². The molecule has 1 aliphatic carbocycles. The van der Waals surface area contributed by atoms with Crippen molar-refractivity contribution in [1.29, 1.82) is 0 Å². The second kappa shape index (κ2) is 11.5. The molecule has 0 fully saturated rings. The van der Waals surface area contributed by atoms with Gasteiger partial charge in [0.1, 0.15) is 29.8 Å². The van der Waals surface area contributed by atoms with E-state index in [-0.39, 0.29) is 52.4 Å². The van der Waals surface area contributed by atoms with Crippen LogP contribution in [0.3, 0.4) is 0 Å². The van der Waals surface area contributed by atoms with Crippen molar-refractivity contribution in [1.82, 2.24) is 4.98 Å². The van der Waals surface area contributed by atoms with Gasteiger partial charge < -0.3 is 14.6 Å². The molecular formula is C25H15ClF6NNaO3. The van der Waals surface area contributed by atoms with E-state index >= 15 is 0 Å². The average Bonchev–Trinajstić information content (AvgIpc) is 3.28. The maximum atomic E-state index is 14.1. The number of halogens is 7. The molecule has 0 unspecified atom stereocenters. The molecule has 3 aromatic rings. The Morgan fingerprint density at radius 3 is 2.27 bits per heavy atom. The van der Waals surface area contributed by atoms with Gasteiger partial charge in [0.2, 0.25) is 0 Å². The molecule has 0 N–H and O–H groups in total. The van der Waals surface area contributed by atoms with Crippen molar-refractivity contribution >= 4 is 28.7 Å². The summed E-state index contributed by atoms with van der Waals surface area (Å²) < 4.78 is 87.2. The Balaban J connectivity index is 0.00000380. The Kier molecular flexibility index (Phi) is 9.00. The van der Waals surface area contributed by atoms with Gasteiger partial charge in [0, 0.05) is 22.7 Å².